The van der Waals surface area contributed by atoms with Crippen LogP contribution in [0.1, 0.15) is 19.1 Å². The lowest BCUT2D eigenvalue weighted by molar-refractivity contribution is 0.513. The van der Waals surface area contributed by atoms with Crippen molar-refractivity contribution in [3.8, 4) is 0 Å². The van der Waals surface area contributed by atoms with E-state index in [-0.39, 0.29) is 0 Å². The van der Waals surface area contributed by atoms with Gasteiger partial charge in [0.05, 0.1) is 11.6 Å². The van der Waals surface area contributed by atoms with Gasteiger partial charge in [0.25, 0.3) is 0 Å². The van der Waals surface area contributed by atoms with Crippen LogP contribution in [-0.4, -0.2) is 6.54 Å². The zero-order valence-corrected chi connectivity index (χ0v) is 10.5. The van der Waals surface area contributed by atoms with E-state index in [9.17, 15) is 0 Å². The van der Waals surface area contributed by atoms with Crippen LogP contribution in [-0.2, 0) is 6.54 Å². The summed E-state index contributed by atoms with van der Waals surface area (Å²) in [5.74, 6) is 0.882. The third kappa shape index (κ3) is 2.51. The van der Waals surface area contributed by atoms with E-state index >= 15 is 0 Å². The molecular formula is C12H13Cl2NO. The van der Waals surface area contributed by atoms with Crippen molar-refractivity contribution in [1.82, 2.24) is 5.32 Å². The molecule has 1 N–H and O–H groups in total. The first-order valence-electron chi connectivity index (χ1n) is 5.29. The molecule has 0 atom stereocenters. The Hall–Kier alpha value is -0.700. The number of fused-ring (bicyclic) bond motifs is 1. The molecule has 16 heavy (non-hydrogen) atoms. The number of benzene rings is 1. The minimum atomic E-state index is 0.597. The van der Waals surface area contributed by atoms with Gasteiger partial charge in [-0.25, -0.2) is 0 Å². The zero-order chi connectivity index (χ0) is 11.5. The summed E-state index contributed by atoms with van der Waals surface area (Å²) in [5.41, 5.74) is 0.741. The summed E-state index contributed by atoms with van der Waals surface area (Å²) in [6.07, 6.45) is 1.10. The molecule has 0 aliphatic rings. The second-order valence-electron chi connectivity index (χ2n) is 3.69. The van der Waals surface area contributed by atoms with Crippen molar-refractivity contribution in [2.45, 2.75) is 19.9 Å². The topological polar surface area (TPSA) is 25.2 Å². The quantitative estimate of drug-likeness (QED) is 0.830. The predicted molar refractivity (Wildman–Crippen MR) is 68.2 cm³/mol. The van der Waals surface area contributed by atoms with Crippen LogP contribution >= 0.6 is 23.2 Å². The van der Waals surface area contributed by atoms with Gasteiger partial charge < -0.3 is 9.73 Å². The van der Waals surface area contributed by atoms with E-state index in [0.717, 1.165) is 36.2 Å². The molecule has 4 heteroatoms. The van der Waals surface area contributed by atoms with Crippen molar-refractivity contribution in [2.24, 2.45) is 0 Å². The molecule has 2 nitrogen and oxygen atoms in total. The number of nitrogens with one attached hydrogen (secondary N) is 1. The Balaban J connectivity index is 2.26. The van der Waals surface area contributed by atoms with Crippen molar-refractivity contribution < 1.29 is 4.42 Å². The van der Waals surface area contributed by atoms with Gasteiger partial charge >= 0.3 is 0 Å². The fraction of sp³-hybridized carbons (Fsp3) is 0.333. The smallest absolute Gasteiger partial charge is 0.137 e. The molecule has 0 aliphatic carbocycles. The molecule has 0 saturated carbocycles. The first-order valence-corrected chi connectivity index (χ1v) is 6.04. The second kappa shape index (κ2) is 5.09. The molecule has 0 aliphatic heterocycles. The van der Waals surface area contributed by atoms with Crippen LogP contribution in [0, 0.1) is 0 Å². The lowest BCUT2D eigenvalue weighted by Crippen LogP contribution is -2.12. The third-order valence-electron chi connectivity index (χ3n) is 2.33. The third-order valence-corrected chi connectivity index (χ3v) is 2.86. The van der Waals surface area contributed by atoms with E-state index in [1.165, 1.54) is 0 Å². The fourth-order valence-electron chi connectivity index (χ4n) is 1.59. The van der Waals surface area contributed by atoms with Crippen LogP contribution in [0.5, 0.6) is 0 Å². The van der Waals surface area contributed by atoms with Crippen molar-refractivity contribution in [2.75, 3.05) is 6.54 Å². The number of hydrogen-bond donors (Lipinski definition) is 1. The zero-order valence-electron chi connectivity index (χ0n) is 9.02. The Kier molecular flexibility index (Phi) is 3.74. The summed E-state index contributed by atoms with van der Waals surface area (Å²) < 4.78 is 5.64. The standard InChI is InChI=1S/C12H13Cl2NO/c1-2-3-15-7-9-6-10-11(14)4-8(13)5-12(10)16-9/h4-6,15H,2-3,7H2,1H3. The van der Waals surface area contributed by atoms with E-state index in [2.05, 4.69) is 12.2 Å². The maximum atomic E-state index is 6.07. The van der Waals surface area contributed by atoms with Gasteiger partial charge in [-0.2, -0.15) is 0 Å². The number of hydrogen-bond acceptors (Lipinski definition) is 2. The average molecular weight is 258 g/mol. The van der Waals surface area contributed by atoms with Gasteiger partial charge in [-0.05, 0) is 25.1 Å². The van der Waals surface area contributed by atoms with Gasteiger partial charge in [0.2, 0.25) is 0 Å². The molecule has 0 unspecified atom stereocenters. The highest BCUT2D eigenvalue weighted by molar-refractivity contribution is 6.38. The van der Waals surface area contributed by atoms with Crippen LogP contribution in [0.4, 0.5) is 0 Å². The molecule has 0 bridgehead atoms. The monoisotopic (exact) mass is 257 g/mol. The molecular weight excluding hydrogens is 245 g/mol. The maximum absolute atomic E-state index is 6.07. The first kappa shape index (κ1) is 11.8. The Morgan fingerprint density at radius 2 is 2.06 bits per heavy atom. The van der Waals surface area contributed by atoms with Gasteiger partial charge in [0.15, 0.2) is 0 Å². The van der Waals surface area contributed by atoms with Crippen LogP contribution < -0.4 is 5.32 Å². The van der Waals surface area contributed by atoms with Crippen LogP contribution in [0.25, 0.3) is 11.0 Å². The summed E-state index contributed by atoms with van der Waals surface area (Å²) in [4.78, 5) is 0. The normalized spacial score (nSPS) is 11.2. The van der Waals surface area contributed by atoms with Crippen molar-refractivity contribution in [1.29, 1.82) is 0 Å². The summed E-state index contributed by atoms with van der Waals surface area (Å²) in [5, 5.41) is 5.42. The maximum Gasteiger partial charge on any atom is 0.137 e. The molecule has 2 aromatic rings. The van der Waals surface area contributed by atoms with Crippen molar-refractivity contribution in [3.05, 3.63) is 34.0 Å². The van der Waals surface area contributed by atoms with E-state index in [1.807, 2.05) is 6.07 Å². The predicted octanol–water partition coefficient (Wildman–Crippen LogP) is 4.24. The number of furan rings is 1. The van der Waals surface area contributed by atoms with Gasteiger partial charge in [0, 0.05) is 16.5 Å². The molecule has 0 radical (unpaired) electrons. The van der Waals surface area contributed by atoms with Crippen LogP contribution in [0.3, 0.4) is 0 Å². The summed E-state index contributed by atoms with van der Waals surface area (Å²) in [6, 6.07) is 5.47. The Bertz CT molecular complexity index is 493. The highest BCUT2D eigenvalue weighted by Gasteiger charge is 2.08. The molecule has 0 amide bonds. The minimum Gasteiger partial charge on any atom is -0.460 e. The SMILES string of the molecule is CCCNCc1cc2c(Cl)cc(Cl)cc2o1. The highest BCUT2D eigenvalue weighted by atomic mass is 35.5. The second-order valence-corrected chi connectivity index (χ2v) is 4.53. The average Bonchev–Trinajstić information content (AvgIpc) is 2.61. The number of rotatable bonds is 4. The van der Waals surface area contributed by atoms with Crippen LogP contribution in [0.15, 0.2) is 22.6 Å². The van der Waals surface area contributed by atoms with Crippen LogP contribution in [0.2, 0.25) is 10.0 Å². The molecule has 1 aromatic carbocycles. The van der Waals surface area contributed by atoms with Gasteiger partial charge in [0.1, 0.15) is 11.3 Å². The van der Waals surface area contributed by atoms with E-state index < -0.39 is 0 Å². The van der Waals surface area contributed by atoms with Gasteiger partial charge in [-0.1, -0.05) is 30.1 Å². The molecule has 1 aromatic heterocycles. The molecule has 1 heterocycles. The summed E-state index contributed by atoms with van der Waals surface area (Å²) in [6.45, 7) is 3.82. The van der Waals surface area contributed by atoms with Gasteiger partial charge in [-0.15, -0.1) is 0 Å². The molecule has 0 spiro atoms. The van der Waals surface area contributed by atoms with Crippen molar-refractivity contribution >= 4 is 34.2 Å². The molecule has 0 saturated heterocycles. The van der Waals surface area contributed by atoms with E-state index in [0.29, 0.717) is 10.0 Å². The lowest BCUT2D eigenvalue weighted by Gasteiger charge is -1.97. The first-order chi connectivity index (χ1) is 7.70. The lowest BCUT2D eigenvalue weighted by atomic mass is 10.2. The van der Waals surface area contributed by atoms with E-state index in [1.54, 1.807) is 12.1 Å². The Morgan fingerprint density at radius 1 is 1.25 bits per heavy atom. The number of halogens is 2. The molecule has 86 valence electrons. The fourth-order valence-corrected chi connectivity index (χ4v) is 2.12. The van der Waals surface area contributed by atoms with E-state index in [4.69, 9.17) is 27.6 Å². The molecule has 2 rings (SSSR count). The van der Waals surface area contributed by atoms with Gasteiger partial charge in [-0.3, -0.25) is 0 Å². The summed E-state index contributed by atoms with van der Waals surface area (Å²) >= 11 is 12.0. The Morgan fingerprint density at radius 3 is 2.81 bits per heavy atom. The Labute approximate surface area is 105 Å². The molecule has 0 fully saturated rings. The minimum absolute atomic E-state index is 0.597. The summed E-state index contributed by atoms with van der Waals surface area (Å²) in [7, 11) is 0. The highest BCUT2D eigenvalue weighted by Crippen LogP contribution is 2.30. The largest absolute Gasteiger partial charge is 0.460 e. The van der Waals surface area contributed by atoms with Crippen molar-refractivity contribution in [3.63, 3.8) is 0 Å².